The van der Waals surface area contributed by atoms with Crippen LogP contribution in [0.4, 0.5) is 5.82 Å². The molecule has 0 atom stereocenters. The van der Waals surface area contributed by atoms with E-state index in [1.165, 1.54) is 24.1 Å². The molecule has 0 unspecified atom stereocenters. The maximum atomic E-state index is 4.83. The molecule has 1 aliphatic heterocycles. The SMILES string of the molecule is Cc1ncc(CN(C)C2CN(c3ccc4nnc(C5CCC5)n4n3)C2)s1. The predicted molar refractivity (Wildman–Crippen MR) is 102 cm³/mol. The molecular weight excluding hydrogens is 346 g/mol. The lowest BCUT2D eigenvalue weighted by Crippen LogP contribution is -2.58. The van der Waals surface area contributed by atoms with E-state index in [4.69, 9.17) is 5.10 Å². The van der Waals surface area contributed by atoms with Crippen LogP contribution in [0.25, 0.3) is 5.65 Å². The molecule has 1 saturated heterocycles. The molecule has 0 spiro atoms. The van der Waals surface area contributed by atoms with Crippen LogP contribution in [-0.4, -0.2) is 55.9 Å². The van der Waals surface area contributed by atoms with Gasteiger partial charge >= 0.3 is 0 Å². The molecule has 4 heterocycles. The molecule has 136 valence electrons. The Kier molecular flexibility index (Phi) is 3.90. The van der Waals surface area contributed by atoms with E-state index in [-0.39, 0.29) is 0 Å². The first kappa shape index (κ1) is 16.1. The van der Waals surface area contributed by atoms with Gasteiger partial charge < -0.3 is 4.90 Å². The van der Waals surface area contributed by atoms with Gasteiger partial charge in [-0.25, -0.2) is 4.98 Å². The van der Waals surface area contributed by atoms with Crippen LogP contribution < -0.4 is 4.90 Å². The maximum absolute atomic E-state index is 4.83. The first-order chi connectivity index (χ1) is 12.7. The third kappa shape index (κ3) is 2.77. The summed E-state index contributed by atoms with van der Waals surface area (Å²) in [5.74, 6) is 2.59. The van der Waals surface area contributed by atoms with Crippen LogP contribution in [0.15, 0.2) is 18.3 Å². The van der Waals surface area contributed by atoms with Gasteiger partial charge in [0.05, 0.1) is 5.01 Å². The molecule has 0 N–H and O–H groups in total. The van der Waals surface area contributed by atoms with E-state index >= 15 is 0 Å². The van der Waals surface area contributed by atoms with Crippen LogP contribution in [0.1, 0.15) is 40.9 Å². The van der Waals surface area contributed by atoms with Gasteiger partial charge in [0.2, 0.25) is 0 Å². The highest BCUT2D eigenvalue weighted by atomic mass is 32.1. The Morgan fingerprint density at radius 3 is 2.77 bits per heavy atom. The Balaban J connectivity index is 1.26. The lowest BCUT2D eigenvalue weighted by atomic mass is 9.85. The van der Waals surface area contributed by atoms with Crippen molar-refractivity contribution < 1.29 is 0 Å². The predicted octanol–water partition coefficient (Wildman–Crippen LogP) is 2.48. The van der Waals surface area contributed by atoms with Gasteiger partial charge in [-0.1, -0.05) is 6.42 Å². The summed E-state index contributed by atoms with van der Waals surface area (Å²) in [6.45, 7) is 5.04. The van der Waals surface area contributed by atoms with E-state index in [1.54, 1.807) is 11.3 Å². The quantitative estimate of drug-likeness (QED) is 0.688. The smallest absolute Gasteiger partial charge is 0.178 e. The first-order valence-corrected chi connectivity index (χ1v) is 10.1. The average molecular weight is 369 g/mol. The average Bonchev–Trinajstić information content (AvgIpc) is 3.11. The molecule has 5 rings (SSSR count). The summed E-state index contributed by atoms with van der Waals surface area (Å²) in [6.07, 6.45) is 5.70. The number of thiazole rings is 1. The molecule has 0 bridgehead atoms. The Labute approximate surface area is 156 Å². The summed E-state index contributed by atoms with van der Waals surface area (Å²) >= 11 is 1.78. The lowest BCUT2D eigenvalue weighted by molar-refractivity contribution is 0.198. The van der Waals surface area contributed by atoms with Crippen LogP contribution in [0.5, 0.6) is 0 Å². The number of hydrogen-bond acceptors (Lipinski definition) is 7. The highest BCUT2D eigenvalue weighted by Gasteiger charge is 2.32. The lowest BCUT2D eigenvalue weighted by Gasteiger charge is -2.44. The fraction of sp³-hybridized carbons (Fsp3) is 0.556. The van der Waals surface area contributed by atoms with Crippen molar-refractivity contribution in [3.63, 3.8) is 0 Å². The minimum atomic E-state index is 0.533. The summed E-state index contributed by atoms with van der Waals surface area (Å²) < 4.78 is 1.95. The maximum Gasteiger partial charge on any atom is 0.178 e. The third-order valence-corrected chi connectivity index (χ3v) is 6.52. The first-order valence-electron chi connectivity index (χ1n) is 9.26. The summed E-state index contributed by atoms with van der Waals surface area (Å²) in [7, 11) is 2.20. The van der Waals surface area contributed by atoms with E-state index in [2.05, 4.69) is 45.0 Å². The third-order valence-electron chi connectivity index (χ3n) is 5.63. The number of rotatable bonds is 5. The van der Waals surface area contributed by atoms with Crippen LogP contribution in [0.3, 0.4) is 0 Å². The number of aromatic nitrogens is 5. The van der Waals surface area contributed by atoms with Gasteiger partial charge in [-0.3, -0.25) is 4.90 Å². The molecule has 3 aromatic rings. The zero-order chi connectivity index (χ0) is 17.7. The second-order valence-corrected chi connectivity index (χ2v) is 8.79. The molecule has 1 aliphatic carbocycles. The fourth-order valence-electron chi connectivity index (χ4n) is 3.66. The highest BCUT2D eigenvalue weighted by molar-refractivity contribution is 7.11. The summed E-state index contributed by atoms with van der Waals surface area (Å²) in [5, 5.41) is 14.6. The molecule has 26 heavy (non-hydrogen) atoms. The van der Waals surface area contributed by atoms with Gasteiger partial charge in [-0.05, 0) is 38.9 Å². The van der Waals surface area contributed by atoms with Gasteiger partial charge in [0.1, 0.15) is 5.82 Å². The second-order valence-electron chi connectivity index (χ2n) is 7.47. The van der Waals surface area contributed by atoms with E-state index in [9.17, 15) is 0 Å². The molecule has 2 aliphatic rings. The van der Waals surface area contributed by atoms with Crippen molar-refractivity contribution >= 4 is 22.8 Å². The normalized spacial score (nSPS) is 18.5. The van der Waals surface area contributed by atoms with Gasteiger partial charge in [-0.15, -0.1) is 26.6 Å². The topological polar surface area (TPSA) is 62.5 Å². The Morgan fingerprint density at radius 1 is 1.23 bits per heavy atom. The van der Waals surface area contributed by atoms with Crippen molar-refractivity contribution in [2.45, 2.75) is 44.7 Å². The van der Waals surface area contributed by atoms with Gasteiger partial charge in [0.25, 0.3) is 0 Å². The Morgan fingerprint density at radius 2 is 2.08 bits per heavy atom. The van der Waals surface area contributed by atoms with E-state index in [1.807, 2.05) is 16.8 Å². The zero-order valence-corrected chi connectivity index (χ0v) is 16.0. The summed E-state index contributed by atoms with van der Waals surface area (Å²) in [4.78, 5) is 10.4. The molecule has 7 nitrogen and oxygen atoms in total. The minimum Gasteiger partial charge on any atom is -0.352 e. The van der Waals surface area contributed by atoms with Crippen molar-refractivity contribution in [2.75, 3.05) is 25.0 Å². The van der Waals surface area contributed by atoms with Gasteiger partial charge in [0, 0.05) is 42.7 Å². The molecule has 1 saturated carbocycles. The van der Waals surface area contributed by atoms with Crippen molar-refractivity contribution in [3.8, 4) is 0 Å². The van der Waals surface area contributed by atoms with Crippen LogP contribution in [0, 0.1) is 6.92 Å². The molecule has 3 aromatic heterocycles. The molecule has 0 amide bonds. The molecular formula is C18H23N7S. The molecule has 2 fully saturated rings. The van der Waals surface area contributed by atoms with Gasteiger partial charge in [0.15, 0.2) is 11.5 Å². The van der Waals surface area contributed by atoms with Crippen molar-refractivity contribution in [3.05, 3.63) is 34.0 Å². The molecule has 8 heteroatoms. The summed E-state index contributed by atoms with van der Waals surface area (Å²) in [6, 6.07) is 4.66. The molecule has 0 radical (unpaired) electrons. The Hall–Kier alpha value is -2.06. The fourth-order valence-corrected chi connectivity index (χ4v) is 4.52. The van der Waals surface area contributed by atoms with Gasteiger partial charge in [-0.2, -0.15) is 4.52 Å². The van der Waals surface area contributed by atoms with E-state index in [0.717, 1.165) is 41.9 Å². The van der Waals surface area contributed by atoms with E-state index in [0.29, 0.717) is 12.0 Å². The van der Waals surface area contributed by atoms with E-state index < -0.39 is 0 Å². The number of nitrogens with zero attached hydrogens (tertiary/aromatic N) is 7. The van der Waals surface area contributed by atoms with Crippen LogP contribution >= 0.6 is 11.3 Å². The Bertz CT molecular complexity index is 923. The number of hydrogen-bond donors (Lipinski definition) is 0. The number of anilines is 1. The zero-order valence-electron chi connectivity index (χ0n) is 15.2. The number of fused-ring (bicyclic) bond motifs is 1. The highest BCUT2D eigenvalue weighted by Crippen LogP contribution is 2.35. The van der Waals surface area contributed by atoms with Crippen molar-refractivity contribution in [1.29, 1.82) is 0 Å². The second kappa shape index (κ2) is 6.28. The standard InChI is InChI=1S/C18H23N7S/c1-12-19-8-15(26-12)11-23(2)14-9-24(10-14)17-7-6-16-20-21-18(25(16)22-17)13-4-3-5-13/h6-8,13-14H,3-5,9-11H2,1-2H3. The number of aryl methyl sites for hydroxylation is 1. The largest absolute Gasteiger partial charge is 0.352 e. The number of likely N-dealkylation sites (N-methyl/N-ethyl adjacent to an activating group) is 1. The summed E-state index contributed by atoms with van der Waals surface area (Å²) in [5.41, 5.74) is 0.852. The minimum absolute atomic E-state index is 0.533. The monoisotopic (exact) mass is 369 g/mol. The van der Waals surface area contributed by atoms with Crippen molar-refractivity contribution in [2.24, 2.45) is 0 Å². The van der Waals surface area contributed by atoms with Crippen LogP contribution in [0.2, 0.25) is 0 Å². The van der Waals surface area contributed by atoms with Crippen molar-refractivity contribution in [1.82, 2.24) is 29.7 Å². The van der Waals surface area contributed by atoms with Crippen LogP contribution in [-0.2, 0) is 6.54 Å². The molecule has 0 aromatic carbocycles.